The van der Waals surface area contributed by atoms with Crippen LogP contribution in [0.5, 0.6) is 0 Å². The molecule has 0 fully saturated rings. The summed E-state index contributed by atoms with van der Waals surface area (Å²) in [5.74, 6) is 0. The molecule has 2 aromatic heterocycles. The monoisotopic (exact) mass is 280 g/mol. The van der Waals surface area contributed by atoms with Crippen LogP contribution in [0.15, 0.2) is 30.6 Å². The number of aromatic nitrogens is 1. The Kier molecular flexibility index (Phi) is 4.75. The van der Waals surface area contributed by atoms with E-state index in [4.69, 9.17) is 11.6 Å². The van der Waals surface area contributed by atoms with Gasteiger partial charge in [-0.05, 0) is 49.2 Å². The lowest BCUT2D eigenvalue weighted by Crippen LogP contribution is -2.23. The molecule has 0 aliphatic heterocycles. The van der Waals surface area contributed by atoms with Crippen molar-refractivity contribution in [2.24, 2.45) is 0 Å². The van der Waals surface area contributed by atoms with Crippen molar-refractivity contribution in [2.75, 3.05) is 6.54 Å². The molecule has 2 heterocycles. The summed E-state index contributed by atoms with van der Waals surface area (Å²) in [5, 5.41) is 3.57. The quantitative estimate of drug-likeness (QED) is 0.888. The number of pyridine rings is 1. The van der Waals surface area contributed by atoms with E-state index in [9.17, 15) is 0 Å². The van der Waals surface area contributed by atoms with Gasteiger partial charge in [-0.3, -0.25) is 4.98 Å². The first-order valence-electron chi connectivity index (χ1n) is 6.11. The maximum absolute atomic E-state index is 6.04. The maximum atomic E-state index is 6.04. The molecular formula is C14H17ClN2S. The second-order valence-electron chi connectivity index (χ2n) is 4.26. The van der Waals surface area contributed by atoms with Gasteiger partial charge in [-0.25, -0.2) is 0 Å². The molecule has 0 aromatic carbocycles. The van der Waals surface area contributed by atoms with Gasteiger partial charge in [0.1, 0.15) is 0 Å². The zero-order valence-corrected chi connectivity index (χ0v) is 12.2. The number of nitrogens with zero attached hydrogens (tertiary/aromatic N) is 1. The summed E-state index contributed by atoms with van der Waals surface area (Å²) in [4.78, 5) is 5.48. The molecule has 0 amide bonds. The Bertz CT molecular complexity index is 510. The van der Waals surface area contributed by atoms with E-state index < -0.39 is 0 Å². The van der Waals surface area contributed by atoms with Crippen molar-refractivity contribution in [1.29, 1.82) is 0 Å². The lowest BCUT2D eigenvalue weighted by molar-refractivity contribution is 0.602. The summed E-state index contributed by atoms with van der Waals surface area (Å²) in [6, 6.07) is 6.28. The predicted octanol–water partition coefficient (Wildman–Crippen LogP) is 4.19. The van der Waals surface area contributed by atoms with Gasteiger partial charge >= 0.3 is 0 Å². The second-order valence-corrected chi connectivity index (χ2v) is 6.01. The highest BCUT2D eigenvalue weighted by Gasteiger charge is 2.17. The molecule has 96 valence electrons. The molecule has 2 nitrogen and oxygen atoms in total. The van der Waals surface area contributed by atoms with E-state index >= 15 is 0 Å². The zero-order chi connectivity index (χ0) is 13.0. The minimum Gasteiger partial charge on any atom is -0.306 e. The largest absolute Gasteiger partial charge is 0.306 e. The summed E-state index contributed by atoms with van der Waals surface area (Å²) in [7, 11) is 0. The Morgan fingerprint density at radius 2 is 2.22 bits per heavy atom. The van der Waals surface area contributed by atoms with Gasteiger partial charge in [-0.15, -0.1) is 11.3 Å². The molecule has 1 N–H and O–H groups in total. The average molecular weight is 281 g/mol. The van der Waals surface area contributed by atoms with Crippen molar-refractivity contribution in [3.8, 4) is 0 Å². The standard InChI is InChI=1S/C14H17ClN2S/c1-3-7-17-14(12-4-5-13(15)18-12)11-9-16-8-6-10(11)2/h4-6,8-9,14,17H,3,7H2,1-2H3. The molecule has 0 aliphatic rings. The number of hydrogen-bond acceptors (Lipinski definition) is 3. The first kappa shape index (κ1) is 13.5. The molecule has 4 heteroatoms. The Balaban J connectivity index is 2.33. The molecule has 1 atom stereocenters. The SMILES string of the molecule is CCCNC(c1ccc(Cl)s1)c1cnccc1C. The highest BCUT2D eigenvalue weighted by atomic mass is 35.5. The summed E-state index contributed by atoms with van der Waals surface area (Å²) >= 11 is 7.67. The first-order valence-corrected chi connectivity index (χ1v) is 7.31. The molecule has 1 unspecified atom stereocenters. The molecule has 0 saturated carbocycles. The first-order chi connectivity index (χ1) is 8.72. The summed E-state index contributed by atoms with van der Waals surface area (Å²) in [5.41, 5.74) is 2.48. The maximum Gasteiger partial charge on any atom is 0.0931 e. The third-order valence-electron chi connectivity index (χ3n) is 2.87. The van der Waals surface area contributed by atoms with Crippen LogP contribution in [0.3, 0.4) is 0 Å². The molecule has 0 spiro atoms. The van der Waals surface area contributed by atoms with Crippen LogP contribution >= 0.6 is 22.9 Å². The van der Waals surface area contributed by atoms with Crippen molar-refractivity contribution >= 4 is 22.9 Å². The number of nitrogens with one attached hydrogen (secondary N) is 1. The van der Waals surface area contributed by atoms with Crippen LogP contribution < -0.4 is 5.32 Å². The lowest BCUT2D eigenvalue weighted by Gasteiger charge is -2.19. The molecule has 0 radical (unpaired) electrons. The van der Waals surface area contributed by atoms with Crippen molar-refractivity contribution in [2.45, 2.75) is 26.3 Å². The fourth-order valence-corrected chi connectivity index (χ4v) is 3.07. The van der Waals surface area contributed by atoms with Gasteiger partial charge in [0.25, 0.3) is 0 Å². The Morgan fingerprint density at radius 3 is 2.83 bits per heavy atom. The molecule has 0 saturated heterocycles. The van der Waals surface area contributed by atoms with Crippen LogP contribution in [-0.2, 0) is 0 Å². The fraction of sp³-hybridized carbons (Fsp3) is 0.357. The molecule has 2 rings (SSSR count). The molecule has 2 aromatic rings. The van der Waals surface area contributed by atoms with Gasteiger partial charge in [-0.1, -0.05) is 18.5 Å². The van der Waals surface area contributed by atoms with Gasteiger partial charge < -0.3 is 5.32 Å². The van der Waals surface area contributed by atoms with Gasteiger partial charge in [-0.2, -0.15) is 0 Å². The minimum atomic E-state index is 0.191. The summed E-state index contributed by atoms with van der Waals surface area (Å²) in [6.45, 7) is 5.27. The Labute approximate surface area is 117 Å². The number of halogens is 1. The van der Waals surface area contributed by atoms with Crippen molar-refractivity contribution in [3.05, 3.63) is 50.9 Å². The summed E-state index contributed by atoms with van der Waals surface area (Å²) in [6.07, 6.45) is 4.88. The van der Waals surface area contributed by atoms with Crippen LogP contribution in [0.1, 0.15) is 35.4 Å². The number of aryl methyl sites for hydroxylation is 1. The van der Waals surface area contributed by atoms with E-state index in [1.807, 2.05) is 24.5 Å². The molecule has 0 aliphatic carbocycles. The topological polar surface area (TPSA) is 24.9 Å². The number of thiophene rings is 1. The lowest BCUT2D eigenvalue weighted by atomic mass is 10.0. The van der Waals surface area contributed by atoms with Crippen molar-refractivity contribution in [3.63, 3.8) is 0 Å². The summed E-state index contributed by atoms with van der Waals surface area (Å²) < 4.78 is 0.829. The third-order valence-corrected chi connectivity index (χ3v) is 4.16. The van der Waals surface area contributed by atoms with Crippen LogP contribution in [0.2, 0.25) is 4.34 Å². The smallest absolute Gasteiger partial charge is 0.0931 e. The van der Waals surface area contributed by atoms with Crippen LogP contribution in [0, 0.1) is 6.92 Å². The van der Waals surface area contributed by atoms with Gasteiger partial charge in [0, 0.05) is 17.3 Å². The average Bonchev–Trinajstić information content (AvgIpc) is 2.78. The Hall–Kier alpha value is -0.900. The molecular weight excluding hydrogens is 264 g/mol. The fourth-order valence-electron chi connectivity index (χ4n) is 1.91. The van der Waals surface area contributed by atoms with E-state index in [2.05, 4.69) is 30.2 Å². The van der Waals surface area contributed by atoms with Crippen LogP contribution in [0.25, 0.3) is 0 Å². The van der Waals surface area contributed by atoms with Crippen LogP contribution in [0.4, 0.5) is 0 Å². The van der Waals surface area contributed by atoms with E-state index in [1.54, 1.807) is 11.3 Å². The van der Waals surface area contributed by atoms with E-state index in [1.165, 1.54) is 16.0 Å². The van der Waals surface area contributed by atoms with Crippen molar-refractivity contribution < 1.29 is 0 Å². The molecule has 0 bridgehead atoms. The highest BCUT2D eigenvalue weighted by Crippen LogP contribution is 2.31. The Morgan fingerprint density at radius 1 is 1.39 bits per heavy atom. The molecule has 18 heavy (non-hydrogen) atoms. The van der Waals surface area contributed by atoms with Crippen molar-refractivity contribution in [1.82, 2.24) is 10.3 Å². The van der Waals surface area contributed by atoms with E-state index in [0.29, 0.717) is 0 Å². The van der Waals surface area contributed by atoms with Crippen LogP contribution in [-0.4, -0.2) is 11.5 Å². The van der Waals surface area contributed by atoms with E-state index in [0.717, 1.165) is 17.3 Å². The second kappa shape index (κ2) is 6.32. The normalized spacial score (nSPS) is 12.6. The zero-order valence-electron chi connectivity index (χ0n) is 10.6. The number of hydrogen-bond donors (Lipinski definition) is 1. The number of rotatable bonds is 5. The van der Waals surface area contributed by atoms with E-state index in [-0.39, 0.29) is 6.04 Å². The highest BCUT2D eigenvalue weighted by molar-refractivity contribution is 7.16. The predicted molar refractivity (Wildman–Crippen MR) is 78.4 cm³/mol. The minimum absolute atomic E-state index is 0.191. The van der Waals surface area contributed by atoms with Gasteiger partial charge in [0.15, 0.2) is 0 Å². The van der Waals surface area contributed by atoms with Gasteiger partial charge in [0.05, 0.1) is 10.4 Å². The third kappa shape index (κ3) is 3.10. The van der Waals surface area contributed by atoms with Gasteiger partial charge in [0.2, 0.25) is 0 Å².